The summed E-state index contributed by atoms with van der Waals surface area (Å²) in [7, 11) is 0. The number of anilines is 1. The lowest BCUT2D eigenvalue weighted by atomic mass is 10.1. The fraction of sp³-hybridized carbons (Fsp3) is 0.364. The molecule has 1 aromatic carbocycles. The number of hydrogen-bond acceptors (Lipinski definition) is 4. The monoisotopic (exact) mass is 206 g/mol. The van der Waals surface area contributed by atoms with Crippen molar-refractivity contribution in [1.82, 2.24) is 0 Å². The minimum Gasteiger partial charge on any atom is -0.489 e. The molecule has 0 saturated heterocycles. The van der Waals surface area contributed by atoms with E-state index in [1.165, 1.54) is 0 Å². The molecule has 1 aromatic rings. The van der Waals surface area contributed by atoms with Crippen LogP contribution < -0.4 is 15.8 Å². The number of benzene rings is 1. The summed E-state index contributed by atoms with van der Waals surface area (Å²) in [6, 6.07) is 5.51. The van der Waals surface area contributed by atoms with Crippen molar-refractivity contribution in [3.63, 3.8) is 0 Å². The molecule has 1 atom stereocenters. The molecule has 2 rings (SSSR count). The van der Waals surface area contributed by atoms with Gasteiger partial charge in [0.05, 0.1) is 11.7 Å². The molecule has 0 saturated carbocycles. The SMILES string of the molecule is CC(=O)c1ccc2c(c1)NC(CN)CO2. The maximum Gasteiger partial charge on any atom is 0.159 e. The van der Waals surface area contributed by atoms with Crippen molar-refractivity contribution in [1.29, 1.82) is 0 Å². The second-order valence-electron chi connectivity index (χ2n) is 3.66. The van der Waals surface area contributed by atoms with Gasteiger partial charge >= 0.3 is 0 Å². The smallest absolute Gasteiger partial charge is 0.159 e. The van der Waals surface area contributed by atoms with Gasteiger partial charge in [0.15, 0.2) is 5.78 Å². The molecule has 3 N–H and O–H groups in total. The first kappa shape index (κ1) is 9.98. The van der Waals surface area contributed by atoms with Crippen LogP contribution in [0.3, 0.4) is 0 Å². The van der Waals surface area contributed by atoms with Crippen LogP contribution in [-0.4, -0.2) is 25.0 Å². The van der Waals surface area contributed by atoms with Gasteiger partial charge in [0.25, 0.3) is 0 Å². The average molecular weight is 206 g/mol. The van der Waals surface area contributed by atoms with Crippen molar-refractivity contribution in [2.75, 3.05) is 18.5 Å². The Morgan fingerprint density at radius 2 is 2.47 bits per heavy atom. The first-order valence-corrected chi connectivity index (χ1v) is 4.95. The Morgan fingerprint density at radius 3 is 3.13 bits per heavy atom. The van der Waals surface area contributed by atoms with Gasteiger partial charge in [-0.25, -0.2) is 0 Å². The summed E-state index contributed by atoms with van der Waals surface area (Å²) < 4.78 is 5.51. The number of Topliss-reactive ketones (excluding diaryl/α,β-unsaturated/α-hetero) is 1. The summed E-state index contributed by atoms with van der Waals surface area (Å²) in [5, 5.41) is 3.24. The molecule has 0 radical (unpaired) electrons. The Balaban J connectivity index is 2.30. The predicted octanol–water partition coefficient (Wildman–Crippen LogP) is 1.02. The van der Waals surface area contributed by atoms with Gasteiger partial charge < -0.3 is 15.8 Å². The Hall–Kier alpha value is -1.55. The van der Waals surface area contributed by atoms with Crippen LogP contribution in [0.15, 0.2) is 18.2 Å². The minimum absolute atomic E-state index is 0.0504. The number of carbonyl (C=O) groups is 1. The van der Waals surface area contributed by atoms with E-state index in [0.29, 0.717) is 18.7 Å². The predicted molar refractivity (Wildman–Crippen MR) is 58.4 cm³/mol. The molecule has 4 nitrogen and oxygen atoms in total. The molecular weight excluding hydrogens is 192 g/mol. The van der Waals surface area contributed by atoms with E-state index in [9.17, 15) is 4.79 Å². The molecular formula is C11H14N2O2. The number of nitrogens with two attached hydrogens (primary N) is 1. The van der Waals surface area contributed by atoms with Crippen LogP contribution in [0, 0.1) is 0 Å². The third-order valence-electron chi connectivity index (χ3n) is 2.47. The first-order valence-electron chi connectivity index (χ1n) is 4.95. The Labute approximate surface area is 88.4 Å². The lowest BCUT2D eigenvalue weighted by molar-refractivity contribution is 0.101. The number of ketones is 1. The summed E-state index contributed by atoms with van der Waals surface area (Å²) in [5.74, 6) is 0.833. The molecule has 4 heteroatoms. The third-order valence-corrected chi connectivity index (χ3v) is 2.47. The molecule has 80 valence electrons. The molecule has 1 aliphatic heterocycles. The summed E-state index contributed by atoms with van der Waals surface area (Å²) in [6.45, 7) is 2.64. The molecule has 0 aliphatic carbocycles. The maximum atomic E-state index is 11.2. The number of rotatable bonds is 2. The van der Waals surface area contributed by atoms with Gasteiger partial charge in [0.1, 0.15) is 12.4 Å². The molecule has 1 unspecified atom stereocenters. The Kier molecular flexibility index (Phi) is 2.60. The first-order chi connectivity index (χ1) is 7.20. The van der Waals surface area contributed by atoms with E-state index >= 15 is 0 Å². The van der Waals surface area contributed by atoms with Crippen LogP contribution in [0.25, 0.3) is 0 Å². The van der Waals surface area contributed by atoms with Crippen molar-refractivity contribution in [3.05, 3.63) is 23.8 Å². The Bertz CT molecular complexity index is 390. The zero-order chi connectivity index (χ0) is 10.8. The van der Waals surface area contributed by atoms with Crippen molar-refractivity contribution in [2.45, 2.75) is 13.0 Å². The molecule has 0 aromatic heterocycles. The largest absolute Gasteiger partial charge is 0.489 e. The average Bonchev–Trinajstić information content (AvgIpc) is 2.27. The third kappa shape index (κ3) is 1.94. The van der Waals surface area contributed by atoms with Crippen LogP contribution >= 0.6 is 0 Å². The van der Waals surface area contributed by atoms with Gasteiger partial charge in [-0.2, -0.15) is 0 Å². The second-order valence-corrected chi connectivity index (χ2v) is 3.66. The zero-order valence-electron chi connectivity index (χ0n) is 8.62. The highest BCUT2D eigenvalue weighted by atomic mass is 16.5. The van der Waals surface area contributed by atoms with E-state index in [1.807, 2.05) is 6.07 Å². The topological polar surface area (TPSA) is 64.4 Å². The van der Waals surface area contributed by atoms with E-state index in [1.54, 1.807) is 19.1 Å². The van der Waals surface area contributed by atoms with Crippen molar-refractivity contribution < 1.29 is 9.53 Å². The molecule has 1 aliphatic rings. The quantitative estimate of drug-likeness (QED) is 0.709. The fourth-order valence-electron chi connectivity index (χ4n) is 1.57. The minimum atomic E-state index is 0.0504. The number of hydrogen-bond donors (Lipinski definition) is 2. The van der Waals surface area contributed by atoms with Gasteiger partial charge in [-0.3, -0.25) is 4.79 Å². The van der Waals surface area contributed by atoms with Gasteiger partial charge in [-0.05, 0) is 25.1 Å². The van der Waals surface area contributed by atoms with Gasteiger partial charge in [-0.15, -0.1) is 0 Å². The summed E-state index contributed by atoms with van der Waals surface area (Å²) in [4.78, 5) is 11.2. The highest BCUT2D eigenvalue weighted by Crippen LogP contribution is 2.29. The number of ether oxygens (including phenoxy) is 1. The number of nitrogens with one attached hydrogen (secondary N) is 1. The molecule has 0 amide bonds. The molecule has 0 fully saturated rings. The summed E-state index contributed by atoms with van der Waals surface area (Å²) >= 11 is 0. The van der Waals surface area contributed by atoms with E-state index in [0.717, 1.165) is 11.4 Å². The maximum absolute atomic E-state index is 11.2. The lowest BCUT2D eigenvalue weighted by Crippen LogP contribution is -2.37. The van der Waals surface area contributed by atoms with Crippen molar-refractivity contribution >= 4 is 11.5 Å². The number of carbonyl (C=O) groups excluding carboxylic acids is 1. The number of fused-ring (bicyclic) bond motifs is 1. The molecule has 1 heterocycles. The normalized spacial score (nSPS) is 18.7. The van der Waals surface area contributed by atoms with E-state index in [4.69, 9.17) is 10.5 Å². The molecule has 0 bridgehead atoms. The molecule has 15 heavy (non-hydrogen) atoms. The van der Waals surface area contributed by atoms with Crippen LogP contribution in [-0.2, 0) is 0 Å². The van der Waals surface area contributed by atoms with E-state index < -0.39 is 0 Å². The van der Waals surface area contributed by atoms with E-state index in [-0.39, 0.29) is 11.8 Å². The standard InChI is InChI=1S/C11H14N2O2/c1-7(14)8-2-3-11-10(4-8)13-9(5-12)6-15-11/h2-4,9,13H,5-6,12H2,1H3. The van der Waals surface area contributed by atoms with E-state index in [2.05, 4.69) is 5.32 Å². The fourth-order valence-corrected chi connectivity index (χ4v) is 1.57. The highest BCUT2D eigenvalue weighted by molar-refractivity contribution is 5.95. The lowest BCUT2D eigenvalue weighted by Gasteiger charge is -2.26. The van der Waals surface area contributed by atoms with Gasteiger partial charge in [0.2, 0.25) is 0 Å². The summed E-state index contributed by atoms with van der Waals surface area (Å²) in [6.07, 6.45) is 0. The van der Waals surface area contributed by atoms with Crippen molar-refractivity contribution in [2.24, 2.45) is 5.73 Å². The summed E-state index contributed by atoms with van der Waals surface area (Å²) in [5.41, 5.74) is 7.08. The van der Waals surface area contributed by atoms with Crippen LogP contribution in [0.4, 0.5) is 5.69 Å². The van der Waals surface area contributed by atoms with Crippen LogP contribution in [0.5, 0.6) is 5.75 Å². The zero-order valence-corrected chi connectivity index (χ0v) is 8.62. The Morgan fingerprint density at radius 1 is 1.67 bits per heavy atom. The second kappa shape index (κ2) is 3.90. The van der Waals surface area contributed by atoms with Gasteiger partial charge in [0, 0.05) is 12.1 Å². The van der Waals surface area contributed by atoms with Gasteiger partial charge in [-0.1, -0.05) is 0 Å². The van der Waals surface area contributed by atoms with Crippen LogP contribution in [0.1, 0.15) is 17.3 Å². The van der Waals surface area contributed by atoms with Crippen molar-refractivity contribution in [3.8, 4) is 5.75 Å². The highest BCUT2D eigenvalue weighted by Gasteiger charge is 2.18. The van der Waals surface area contributed by atoms with Crippen LogP contribution in [0.2, 0.25) is 0 Å². The molecule has 0 spiro atoms.